The van der Waals surface area contributed by atoms with E-state index in [1.165, 1.54) is 70.6 Å². The monoisotopic (exact) mass is 496 g/mol. The molecule has 0 atom stereocenters. The quantitative estimate of drug-likeness (QED) is 0.0637. The van der Waals surface area contributed by atoms with Gasteiger partial charge in [-0.3, -0.25) is 14.7 Å². The summed E-state index contributed by atoms with van der Waals surface area (Å²) in [6.07, 6.45) is 16.6. The molecule has 188 valence electrons. The van der Waals surface area contributed by atoms with Crippen LogP contribution in [0.2, 0.25) is 0 Å². The zero-order valence-electron chi connectivity index (χ0n) is 20.4. The molecule has 0 aliphatic carbocycles. The zero-order chi connectivity index (χ0) is 24.0. The van der Waals surface area contributed by atoms with E-state index in [9.17, 15) is 4.79 Å². The predicted octanol–water partition coefficient (Wildman–Crippen LogP) is 6.86. The number of nitrogens with one attached hydrogen (secondary N) is 1. The number of hydrogen-bond donors (Lipinski definition) is 2. The molecular formula is C26H44N2O3S2. The van der Waals surface area contributed by atoms with Gasteiger partial charge in [-0.1, -0.05) is 108 Å². The lowest BCUT2D eigenvalue weighted by molar-refractivity contribution is -0.142. The van der Waals surface area contributed by atoms with Crippen LogP contribution in [0, 0.1) is 0 Å². The number of unbranched alkanes of at least 4 members (excludes halogenated alkanes) is 11. The molecule has 33 heavy (non-hydrogen) atoms. The molecule has 0 saturated heterocycles. The van der Waals surface area contributed by atoms with E-state index >= 15 is 0 Å². The third-order valence-corrected chi connectivity index (χ3v) is 5.74. The van der Waals surface area contributed by atoms with Gasteiger partial charge in [0.05, 0.1) is 18.9 Å². The minimum Gasteiger partial charge on any atom is -0.464 e. The Morgan fingerprint density at radius 1 is 0.879 bits per heavy atom. The number of carbonyl (C=O) groups is 1. The Bertz CT molecular complexity index is 617. The van der Waals surface area contributed by atoms with Crippen molar-refractivity contribution < 1.29 is 14.4 Å². The van der Waals surface area contributed by atoms with Gasteiger partial charge < -0.3 is 10.1 Å². The molecule has 1 aromatic rings. The fourth-order valence-corrected chi connectivity index (χ4v) is 3.72. The van der Waals surface area contributed by atoms with Crippen LogP contribution in [-0.2, 0) is 14.4 Å². The Balaban J connectivity index is 2.13. The lowest BCUT2D eigenvalue weighted by Crippen LogP contribution is -2.29. The molecule has 0 radical (unpaired) electrons. The Labute approximate surface area is 212 Å². The number of carbonyl (C=O) groups excluding carboxylic acids is 1. The molecule has 0 heterocycles. The van der Waals surface area contributed by atoms with Crippen molar-refractivity contribution in [1.82, 2.24) is 5.32 Å². The largest absolute Gasteiger partial charge is 0.464 e. The number of nitrogens with zero attached hydrogens (tertiary/aromatic N) is 1. The minimum absolute atomic E-state index is 0.0419. The summed E-state index contributed by atoms with van der Waals surface area (Å²) in [6.45, 7) is 4.01. The van der Waals surface area contributed by atoms with Crippen molar-refractivity contribution in [2.45, 2.75) is 90.4 Å². The average Bonchev–Trinajstić information content (AvgIpc) is 2.82. The van der Waals surface area contributed by atoms with Crippen LogP contribution in [0.1, 0.15) is 90.4 Å². The fourth-order valence-electron chi connectivity index (χ4n) is 3.57. The maximum absolute atomic E-state index is 11.6. The van der Waals surface area contributed by atoms with E-state index < -0.39 is 0 Å². The lowest BCUT2D eigenvalue weighted by atomic mass is 10.1. The summed E-state index contributed by atoms with van der Waals surface area (Å²) in [7, 11) is 0. The second-order valence-corrected chi connectivity index (χ2v) is 9.55. The van der Waals surface area contributed by atoms with E-state index in [0.29, 0.717) is 26.2 Å². The fraction of sp³-hybridized carbons (Fsp3) is 0.692. The summed E-state index contributed by atoms with van der Waals surface area (Å²) in [5, 5.41) is 4.58. The van der Waals surface area contributed by atoms with Gasteiger partial charge in [-0.15, -0.1) is 12.6 Å². The number of para-hydroxylation sites is 1. The van der Waals surface area contributed by atoms with E-state index in [4.69, 9.17) is 21.8 Å². The number of anilines is 1. The Morgan fingerprint density at radius 2 is 1.45 bits per heavy atom. The Hall–Kier alpha value is -1.31. The highest BCUT2D eigenvalue weighted by Gasteiger charge is 2.08. The van der Waals surface area contributed by atoms with E-state index in [1.54, 1.807) is 0 Å². The van der Waals surface area contributed by atoms with Gasteiger partial charge in [-0.05, 0) is 18.6 Å². The smallest absolute Gasteiger partial charge is 0.325 e. The third-order valence-electron chi connectivity index (χ3n) is 5.44. The number of benzene rings is 1. The molecule has 7 heteroatoms. The van der Waals surface area contributed by atoms with Gasteiger partial charge in [0.15, 0.2) is 0 Å². The van der Waals surface area contributed by atoms with Gasteiger partial charge in [-0.25, -0.2) is 0 Å². The highest BCUT2D eigenvalue weighted by atomic mass is 32.1. The second-order valence-electron chi connectivity index (χ2n) is 8.39. The number of thiol groups is 1. The second kappa shape index (κ2) is 21.2. The number of ether oxygens (including phenoxy) is 1. The molecule has 1 rings (SSSR count). The summed E-state index contributed by atoms with van der Waals surface area (Å²) in [5.74, 6) is -0.338. The maximum atomic E-state index is 11.6. The molecule has 0 aliphatic heterocycles. The van der Waals surface area contributed by atoms with Crippen molar-refractivity contribution in [3.8, 4) is 0 Å². The van der Waals surface area contributed by atoms with E-state index in [1.807, 2.05) is 35.4 Å². The predicted molar refractivity (Wildman–Crippen MR) is 146 cm³/mol. The standard InChI is InChI=1S/C26H44N2O3S2/c1-2-3-4-5-6-7-8-9-10-11-12-16-22-31-28(24-18-14-13-15-19-24)20-17-21-30-25(29)23-27-26(32)33/h13-15,18-19H,2-12,16-17,20-23H2,1H3,(H2,27,32,33). The van der Waals surface area contributed by atoms with Crippen LogP contribution in [0.3, 0.4) is 0 Å². The molecule has 0 spiro atoms. The van der Waals surface area contributed by atoms with Crippen molar-refractivity contribution in [2.75, 3.05) is 31.4 Å². The van der Waals surface area contributed by atoms with E-state index in [2.05, 4.69) is 24.9 Å². The molecule has 0 fully saturated rings. The zero-order valence-corrected chi connectivity index (χ0v) is 22.1. The summed E-state index contributed by atoms with van der Waals surface area (Å²) in [6, 6.07) is 10.1. The molecule has 0 bridgehead atoms. The van der Waals surface area contributed by atoms with Crippen molar-refractivity contribution in [2.24, 2.45) is 0 Å². The third kappa shape index (κ3) is 17.8. The Morgan fingerprint density at radius 3 is 2.03 bits per heavy atom. The van der Waals surface area contributed by atoms with Crippen molar-refractivity contribution in [3.63, 3.8) is 0 Å². The first-order chi connectivity index (χ1) is 16.1. The van der Waals surface area contributed by atoms with Gasteiger partial charge >= 0.3 is 5.97 Å². The van der Waals surface area contributed by atoms with Crippen LogP contribution < -0.4 is 10.4 Å². The average molecular weight is 497 g/mol. The van der Waals surface area contributed by atoms with Crippen LogP contribution in [0.4, 0.5) is 5.69 Å². The summed E-state index contributed by atoms with van der Waals surface area (Å²) >= 11 is 8.69. The molecule has 0 amide bonds. The maximum Gasteiger partial charge on any atom is 0.325 e. The van der Waals surface area contributed by atoms with Gasteiger partial charge in [0, 0.05) is 13.0 Å². The first-order valence-electron chi connectivity index (χ1n) is 12.7. The summed E-state index contributed by atoms with van der Waals surface area (Å²) in [5.41, 5.74) is 1.02. The van der Waals surface area contributed by atoms with Gasteiger partial charge in [0.2, 0.25) is 0 Å². The Kier molecular flexibility index (Phi) is 19.1. The molecule has 0 saturated carbocycles. The first kappa shape index (κ1) is 29.7. The summed E-state index contributed by atoms with van der Waals surface area (Å²) in [4.78, 5) is 17.7. The van der Waals surface area contributed by atoms with Gasteiger partial charge in [0.25, 0.3) is 0 Å². The molecule has 0 unspecified atom stereocenters. The number of hydroxylamine groups is 1. The van der Waals surface area contributed by atoms with Gasteiger partial charge in [0.1, 0.15) is 10.9 Å². The first-order valence-corrected chi connectivity index (χ1v) is 13.6. The van der Waals surface area contributed by atoms with Crippen molar-refractivity contribution in [1.29, 1.82) is 0 Å². The lowest BCUT2D eigenvalue weighted by Gasteiger charge is -2.24. The normalized spacial score (nSPS) is 10.7. The number of hydrogen-bond acceptors (Lipinski definition) is 5. The van der Waals surface area contributed by atoms with Gasteiger partial charge in [-0.2, -0.15) is 0 Å². The van der Waals surface area contributed by atoms with Crippen LogP contribution in [0.15, 0.2) is 30.3 Å². The van der Waals surface area contributed by atoms with Crippen LogP contribution in [0.25, 0.3) is 0 Å². The molecule has 0 aromatic heterocycles. The number of esters is 1. The van der Waals surface area contributed by atoms with E-state index in [-0.39, 0.29) is 16.8 Å². The highest BCUT2D eigenvalue weighted by Crippen LogP contribution is 2.16. The van der Waals surface area contributed by atoms with Crippen LogP contribution >= 0.6 is 24.8 Å². The minimum atomic E-state index is -0.338. The molecule has 0 aliphatic rings. The molecule has 1 N–H and O–H groups in total. The van der Waals surface area contributed by atoms with Crippen molar-refractivity contribution in [3.05, 3.63) is 30.3 Å². The summed E-state index contributed by atoms with van der Waals surface area (Å²) < 4.78 is 5.51. The molecular weight excluding hydrogens is 452 g/mol. The van der Waals surface area contributed by atoms with Crippen molar-refractivity contribution >= 4 is 40.8 Å². The van der Waals surface area contributed by atoms with E-state index in [0.717, 1.165) is 12.1 Å². The SMILES string of the molecule is CCCCCCCCCCCCCCON(CCCOC(=O)CNC(=S)S)c1ccccc1. The highest BCUT2D eigenvalue weighted by molar-refractivity contribution is 8.11. The topological polar surface area (TPSA) is 50.8 Å². The van der Waals surface area contributed by atoms with Crippen LogP contribution in [0.5, 0.6) is 0 Å². The number of rotatable bonds is 21. The van der Waals surface area contributed by atoms with Crippen LogP contribution in [-0.4, -0.2) is 36.6 Å². The molecule has 1 aromatic carbocycles. The number of thiocarbonyl (C=S) groups is 1. The molecule has 5 nitrogen and oxygen atoms in total.